The molecule has 1 aliphatic carbocycles. The first-order valence-electron chi connectivity index (χ1n) is 10.4. The lowest BCUT2D eigenvalue weighted by atomic mass is 10.1. The van der Waals surface area contributed by atoms with Crippen LogP contribution in [-0.2, 0) is 16.1 Å². The molecule has 8 heteroatoms. The van der Waals surface area contributed by atoms with Gasteiger partial charge in [0.05, 0.1) is 13.2 Å². The number of nitrogens with zero attached hydrogens (tertiary/aromatic N) is 3. The minimum absolute atomic E-state index is 0.00276. The molecule has 1 aromatic carbocycles. The fraction of sp³-hybridized carbons (Fsp3) is 0.571. The van der Waals surface area contributed by atoms with Crippen molar-refractivity contribution in [3.63, 3.8) is 0 Å². The molecular weight excluding hydrogens is 372 g/mol. The fourth-order valence-electron chi connectivity index (χ4n) is 4.35. The number of amides is 2. The Bertz CT molecular complexity index is 804. The molecule has 3 aliphatic rings. The number of hydrogen-bond donors (Lipinski definition) is 2. The molecule has 1 saturated carbocycles. The second-order valence-corrected chi connectivity index (χ2v) is 7.80. The monoisotopic (exact) mass is 400 g/mol. The lowest BCUT2D eigenvalue weighted by molar-refractivity contribution is -0.134. The molecule has 0 atom stereocenters. The van der Waals surface area contributed by atoms with Gasteiger partial charge in [-0.05, 0) is 25.3 Å². The van der Waals surface area contributed by atoms with Crippen molar-refractivity contribution in [1.82, 2.24) is 15.1 Å². The number of ether oxygens (including phenoxy) is 1. The largest absolute Gasteiger partial charge is 0.491 e. The highest BCUT2D eigenvalue weighted by Crippen LogP contribution is 2.36. The van der Waals surface area contributed by atoms with Crippen LogP contribution in [0.3, 0.4) is 0 Å². The highest BCUT2D eigenvalue weighted by atomic mass is 16.5. The van der Waals surface area contributed by atoms with Crippen LogP contribution in [0.25, 0.3) is 0 Å². The molecule has 2 N–H and O–H groups in total. The number of nitrogens with one attached hydrogen (secondary N) is 1. The van der Waals surface area contributed by atoms with Gasteiger partial charge >= 0.3 is 0 Å². The van der Waals surface area contributed by atoms with Crippen molar-refractivity contribution in [1.29, 1.82) is 0 Å². The zero-order valence-electron chi connectivity index (χ0n) is 16.6. The Morgan fingerprint density at radius 3 is 2.93 bits per heavy atom. The summed E-state index contributed by atoms with van der Waals surface area (Å²) in [6.07, 6.45) is 5.39. The summed E-state index contributed by atoms with van der Waals surface area (Å²) in [5, 5.41) is 12.1. The van der Waals surface area contributed by atoms with E-state index in [-0.39, 0.29) is 24.5 Å². The molecule has 156 valence electrons. The molecule has 29 heavy (non-hydrogen) atoms. The van der Waals surface area contributed by atoms with Crippen LogP contribution in [0.5, 0.6) is 5.75 Å². The summed E-state index contributed by atoms with van der Waals surface area (Å²) in [7, 11) is 0. The zero-order valence-corrected chi connectivity index (χ0v) is 16.6. The number of aliphatic hydroxyl groups is 1. The van der Waals surface area contributed by atoms with Gasteiger partial charge in [-0.3, -0.25) is 14.9 Å². The zero-order chi connectivity index (χ0) is 20.2. The van der Waals surface area contributed by atoms with E-state index >= 15 is 0 Å². The fourth-order valence-corrected chi connectivity index (χ4v) is 4.35. The third kappa shape index (κ3) is 4.37. The molecule has 1 aromatic rings. The molecule has 2 fully saturated rings. The second kappa shape index (κ2) is 8.82. The number of aliphatic hydroxyl groups excluding tert-OH is 1. The molecular formula is C21H28N4O4. The van der Waals surface area contributed by atoms with Crippen molar-refractivity contribution >= 4 is 23.5 Å². The number of rotatable bonds is 8. The van der Waals surface area contributed by atoms with Gasteiger partial charge in [-0.15, -0.1) is 0 Å². The van der Waals surface area contributed by atoms with Gasteiger partial charge in [-0.1, -0.05) is 25.0 Å². The van der Waals surface area contributed by atoms with Crippen molar-refractivity contribution in [2.24, 2.45) is 4.99 Å². The summed E-state index contributed by atoms with van der Waals surface area (Å²) in [5.74, 6) is 1.29. The number of carbonyl (C=O) groups excluding carboxylic acids is 2. The predicted octanol–water partition coefficient (Wildman–Crippen LogP) is 1.54. The smallest absolute Gasteiger partial charge is 0.246 e. The first kappa shape index (κ1) is 19.7. The number of hydrogen-bond acceptors (Lipinski definition) is 6. The maximum absolute atomic E-state index is 12.6. The van der Waals surface area contributed by atoms with Gasteiger partial charge in [0.15, 0.2) is 0 Å². The van der Waals surface area contributed by atoms with Crippen LogP contribution in [0, 0.1) is 0 Å². The number of guanidine groups is 1. The maximum atomic E-state index is 12.6. The summed E-state index contributed by atoms with van der Waals surface area (Å²) in [4.78, 5) is 32.5. The average molecular weight is 400 g/mol. The normalized spacial score (nSPS) is 18.2. The van der Waals surface area contributed by atoms with E-state index in [4.69, 9.17) is 4.74 Å². The Hall–Kier alpha value is -2.61. The van der Waals surface area contributed by atoms with E-state index in [0.29, 0.717) is 50.8 Å². The van der Waals surface area contributed by atoms with Crippen molar-refractivity contribution in [3.8, 4) is 5.75 Å². The van der Waals surface area contributed by atoms with Gasteiger partial charge in [0.2, 0.25) is 17.8 Å². The van der Waals surface area contributed by atoms with Crippen molar-refractivity contribution < 1.29 is 19.4 Å². The first-order valence-corrected chi connectivity index (χ1v) is 10.4. The van der Waals surface area contributed by atoms with Gasteiger partial charge in [-0.2, -0.15) is 0 Å². The van der Waals surface area contributed by atoms with E-state index < -0.39 is 0 Å². The van der Waals surface area contributed by atoms with Crippen LogP contribution < -0.4 is 10.1 Å². The molecule has 4 rings (SSSR count). The van der Waals surface area contributed by atoms with Gasteiger partial charge in [0.1, 0.15) is 18.0 Å². The Labute approximate surface area is 170 Å². The summed E-state index contributed by atoms with van der Waals surface area (Å²) in [6.45, 7) is 1.79. The van der Waals surface area contributed by atoms with E-state index in [1.165, 1.54) is 0 Å². The summed E-state index contributed by atoms with van der Waals surface area (Å²) < 4.78 is 5.94. The van der Waals surface area contributed by atoms with Crippen LogP contribution >= 0.6 is 0 Å². The summed E-state index contributed by atoms with van der Waals surface area (Å²) in [6, 6.07) is 6.06. The number of aliphatic imine (C=N–C) groups is 1. The molecule has 0 spiro atoms. The topological polar surface area (TPSA) is 94.5 Å². The highest BCUT2D eigenvalue weighted by Gasteiger charge is 2.30. The van der Waals surface area contributed by atoms with Gasteiger partial charge < -0.3 is 19.6 Å². The minimum Gasteiger partial charge on any atom is -0.491 e. The number of para-hydroxylation sites is 1. The van der Waals surface area contributed by atoms with E-state index in [1.54, 1.807) is 0 Å². The Morgan fingerprint density at radius 2 is 2.14 bits per heavy atom. The van der Waals surface area contributed by atoms with E-state index in [1.807, 2.05) is 28.0 Å². The van der Waals surface area contributed by atoms with E-state index in [2.05, 4.69) is 10.3 Å². The van der Waals surface area contributed by atoms with Crippen LogP contribution in [0.1, 0.15) is 44.1 Å². The highest BCUT2D eigenvalue weighted by molar-refractivity contribution is 6.06. The average Bonchev–Trinajstić information content (AvgIpc) is 3.36. The lowest BCUT2D eigenvalue weighted by Gasteiger charge is -2.28. The molecule has 0 bridgehead atoms. The molecule has 0 unspecified atom stereocenters. The maximum Gasteiger partial charge on any atom is 0.246 e. The minimum atomic E-state index is -0.0489. The van der Waals surface area contributed by atoms with Crippen LogP contribution in [0.15, 0.2) is 23.2 Å². The Morgan fingerprint density at radius 1 is 1.31 bits per heavy atom. The van der Waals surface area contributed by atoms with Crippen molar-refractivity contribution in [2.45, 2.75) is 51.1 Å². The summed E-state index contributed by atoms with van der Waals surface area (Å²) in [5.41, 5.74) is 1.77. The molecule has 1 saturated heterocycles. The number of fused-ring (bicyclic) bond motifs is 2. The van der Waals surface area contributed by atoms with Gasteiger partial charge in [-0.25, -0.2) is 4.99 Å². The van der Waals surface area contributed by atoms with Gasteiger partial charge in [0.25, 0.3) is 0 Å². The van der Waals surface area contributed by atoms with Crippen molar-refractivity contribution in [3.05, 3.63) is 23.8 Å². The molecule has 8 nitrogen and oxygen atoms in total. The van der Waals surface area contributed by atoms with E-state index in [9.17, 15) is 14.7 Å². The van der Waals surface area contributed by atoms with Crippen LogP contribution in [0.2, 0.25) is 0 Å². The van der Waals surface area contributed by atoms with Gasteiger partial charge in [0, 0.05) is 31.1 Å². The van der Waals surface area contributed by atoms with Crippen LogP contribution in [0.4, 0.5) is 5.69 Å². The first-order chi connectivity index (χ1) is 14.2. The standard InChI is InChI=1S/C21H28N4O4/c26-11-10-25(16-6-1-2-7-16)19(28)9-4-12-29-17-8-3-5-15-13-24-14-18(27)22-21(24)23-20(15)17/h3,5,8,16,26H,1-2,4,6-7,9-14H2,(H,22,23,27). The molecule has 2 aliphatic heterocycles. The Balaban J connectivity index is 1.32. The van der Waals surface area contributed by atoms with Crippen molar-refractivity contribution in [2.75, 3.05) is 26.3 Å². The molecule has 2 amide bonds. The van der Waals surface area contributed by atoms with E-state index in [0.717, 1.165) is 36.9 Å². The molecule has 0 aromatic heterocycles. The third-order valence-electron chi connectivity index (χ3n) is 5.77. The third-order valence-corrected chi connectivity index (χ3v) is 5.77. The quantitative estimate of drug-likeness (QED) is 0.646. The Kier molecular flexibility index (Phi) is 5.99. The number of carbonyl (C=O) groups is 2. The second-order valence-electron chi connectivity index (χ2n) is 7.80. The molecule has 0 radical (unpaired) electrons. The summed E-state index contributed by atoms with van der Waals surface area (Å²) >= 11 is 0. The molecule has 2 heterocycles. The predicted molar refractivity (Wildman–Crippen MR) is 108 cm³/mol. The van der Waals surface area contributed by atoms with Crippen LogP contribution in [-0.4, -0.2) is 65.0 Å². The number of benzene rings is 1. The SMILES string of the molecule is O=C1CN2Cc3cccc(OCCCC(=O)N(CCO)C4CCCC4)c3N=C2N1. The lowest BCUT2D eigenvalue weighted by Crippen LogP contribution is -2.40.